The molecule has 3 heterocycles. The molecule has 46 heavy (non-hydrogen) atoms. The highest BCUT2D eigenvalue weighted by atomic mass is 16.5. The molecule has 8 heteroatoms. The van der Waals surface area contributed by atoms with Gasteiger partial charge < -0.3 is 9.84 Å². The molecule has 2 amide bonds. The van der Waals surface area contributed by atoms with E-state index in [1.54, 1.807) is 18.3 Å². The topological polar surface area (TPSA) is 105 Å². The Hall–Kier alpha value is -5.76. The maximum atomic E-state index is 12.5. The number of aryl methyl sites for hydroxylation is 1. The number of hydrogen-bond donors (Lipinski definition) is 3. The van der Waals surface area contributed by atoms with Crippen molar-refractivity contribution >= 4 is 23.5 Å². The van der Waals surface area contributed by atoms with Crippen molar-refractivity contribution in [3.05, 3.63) is 156 Å². The molecule has 0 aliphatic heterocycles. The first-order valence-corrected chi connectivity index (χ1v) is 15.2. The Balaban J connectivity index is 1.24. The molecule has 0 atom stereocenters. The fourth-order valence-electron chi connectivity index (χ4n) is 5.49. The van der Waals surface area contributed by atoms with Crippen LogP contribution in [0, 0.1) is 6.92 Å². The van der Waals surface area contributed by atoms with E-state index in [1.807, 2.05) is 64.1 Å². The van der Waals surface area contributed by atoms with Crippen molar-refractivity contribution in [2.75, 3.05) is 16.0 Å². The molecule has 3 N–H and O–H groups in total. The lowest BCUT2D eigenvalue weighted by molar-refractivity contribution is 0.261. The number of anilines is 3. The minimum Gasteiger partial charge on any atom is -0.359 e. The summed E-state index contributed by atoms with van der Waals surface area (Å²) in [6.45, 7) is 8.02. The van der Waals surface area contributed by atoms with Gasteiger partial charge in [0.25, 0.3) is 0 Å². The zero-order valence-corrected chi connectivity index (χ0v) is 26.3. The van der Waals surface area contributed by atoms with Crippen molar-refractivity contribution in [3.63, 3.8) is 0 Å². The van der Waals surface area contributed by atoms with E-state index in [2.05, 4.69) is 98.9 Å². The Morgan fingerprint density at radius 3 is 1.70 bits per heavy atom. The van der Waals surface area contributed by atoms with Crippen LogP contribution in [0.5, 0.6) is 0 Å². The van der Waals surface area contributed by atoms with Gasteiger partial charge in [-0.1, -0.05) is 117 Å². The summed E-state index contributed by atoms with van der Waals surface area (Å²) in [5.74, 6) is 2.16. The van der Waals surface area contributed by atoms with Crippen LogP contribution < -0.4 is 16.0 Å². The van der Waals surface area contributed by atoms with Gasteiger partial charge in [-0.05, 0) is 47.9 Å². The zero-order valence-electron chi connectivity index (χ0n) is 26.3. The minimum absolute atomic E-state index is 0.211. The van der Waals surface area contributed by atoms with E-state index < -0.39 is 11.6 Å². The van der Waals surface area contributed by atoms with Crippen LogP contribution in [0.2, 0.25) is 0 Å². The largest absolute Gasteiger partial charge is 0.359 e. The highest BCUT2D eigenvalue weighted by Crippen LogP contribution is 2.40. The van der Waals surface area contributed by atoms with Crippen molar-refractivity contribution in [1.29, 1.82) is 0 Å². The number of nitrogens with zero attached hydrogens (tertiary/aromatic N) is 3. The van der Waals surface area contributed by atoms with Gasteiger partial charge in [0.2, 0.25) is 0 Å². The first kappa shape index (κ1) is 30.3. The Morgan fingerprint density at radius 1 is 0.674 bits per heavy atom. The molecule has 0 fully saturated rings. The normalized spacial score (nSPS) is 11.6. The van der Waals surface area contributed by atoms with E-state index in [0.29, 0.717) is 17.4 Å². The summed E-state index contributed by atoms with van der Waals surface area (Å²) >= 11 is 0. The maximum absolute atomic E-state index is 12.5. The Labute approximate surface area is 268 Å². The Kier molecular flexibility index (Phi) is 8.35. The monoisotopic (exact) mass is 608 g/mol. The molecule has 0 radical (unpaired) electrons. The third-order valence-corrected chi connectivity index (χ3v) is 7.83. The molecule has 0 unspecified atom stereocenters. The summed E-state index contributed by atoms with van der Waals surface area (Å²) in [4.78, 5) is 22.0. The molecule has 6 aromatic rings. The number of aromatic nitrogens is 3. The molecule has 0 saturated heterocycles. The lowest BCUT2D eigenvalue weighted by Gasteiger charge is -2.37. The highest BCUT2D eigenvalue weighted by Gasteiger charge is 2.36. The van der Waals surface area contributed by atoms with Crippen molar-refractivity contribution < 1.29 is 9.32 Å². The first-order valence-electron chi connectivity index (χ1n) is 15.2. The molecule has 0 saturated carbocycles. The summed E-state index contributed by atoms with van der Waals surface area (Å²) in [6, 6.07) is 40.3. The fraction of sp³-hybridized carbons (Fsp3) is 0.158. The lowest BCUT2D eigenvalue weighted by Crippen LogP contribution is -2.38. The highest BCUT2D eigenvalue weighted by molar-refractivity contribution is 5.98. The van der Waals surface area contributed by atoms with Gasteiger partial charge in [-0.2, -0.15) is 0 Å². The van der Waals surface area contributed by atoms with Crippen LogP contribution >= 0.6 is 0 Å². The van der Waals surface area contributed by atoms with E-state index in [9.17, 15) is 4.79 Å². The van der Waals surface area contributed by atoms with E-state index in [-0.39, 0.29) is 5.41 Å². The number of hydrogen-bond acceptors (Lipinski definition) is 6. The Morgan fingerprint density at radius 2 is 1.22 bits per heavy atom. The molecule has 0 aliphatic carbocycles. The van der Waals surface area contributed by atoms with Gasteiger partial charge in [-0.25, -0.2) is 14.8 Å². The first-order chi connectivity index (χ1) is 22.2. The van der Waals surface area contributed by atoms with Gasteiger partial charge in [0.1, 0.15) is 22.9 Å². The molecule has 3 aromatic carbocycles. The smallest absolute Gasteiger partial charge is 0.326 e. The van der Waals surface area contributed by atoms with E-state index in [4.69, 9.17) is 9.51 Å². The van der Waals surface area contributed by atoms with Crippen LogP contribution in [-0.2, 0) is 11.0 Å². The summed E-state index contributed by atoms with van der Waals surface area (Å²) in [6.07, 6.45) is 1.72. The third kappa shape index (κ3) is 6.37. The second-order valence-corrected chi connectivity index (χ2v) is 12.1. The van der Waals surface area contributed by atoms with Crippen LogP contribution in [0.1, 0.15) is 48.9 Å². The molecule has 0 aliphatic rings. The lowest BCUT2D eigenvalue weighted by atomic mass is 9.77. The summed E-state index contributed by atoms with van der Waals surface area (Å²) in [5.41, 5.74) is 5.08. The average molecular weight is 609 g/mol. The fourth-order valence-corrected chi connectivity index (χ4v) is 5.49. The second kappa shape index (κ2) is 12.7. The second-order valence-electron chi connectivity index (χ2n) is 12.1. The molecule has 0 bridgehead atoms. The van der Waals surface area contributed by atoms with Gasteiger partial charge in [-0.15, -0.1) is 0 Å². The van der Waals surface area contributed by atoms with Gasteiger partial charge in [-0.3, -0.25) is 10.6 Å². The van der Waals surface area contributed by atoms with Gasteiger partial charge in [0.15, 0.2) is 5.82 Å². The van der Waals surface area contributed by atoms with Crippen molar-refractivity contribution in [1.82, 2.24) is 15.1 Å². The van der Waals surface area contributed by atoms with Gasteiger partial charge in [0, 0.05) is 34.5 Å². The standard InChI is InChI=1S/C38H36N6O2/c1-26-31(27-20-22-33(39-25-27)41-36(45)42-35-24-32(46-44-35)37(2,3)4)21-23-34(40-26)43-38(28-14-8-5-9-15-28,29-16-10-6-11-17-29)30-18-12-7-13-19-30/h5-25H,1-4H3,(H,40,43)(H2,39,41,42,44,45). The number of carbonyl (C=O) groups excluding carboxylic acids is 1. The van der Waals surface area contributed by atoms with Crippen molar-refractivity contribution in [2.45, 2.75) is 38.6 Å². The SMILES string of the molecule is Cc1nc(NC(c2ccccc2)(c2ccccc2)c2ccccc2)ccc1-c1ccc(NC(=O)Nc2cc(C(C)(C)C)on2)nc1. The number of pyridine rings is 2. The van der Waals surface area contributed by atoms with Crippen LogP contribution in [0.3, 0.4) is 0 Å². The number of carbonyl (C=O) groups is 1. The minimum atomic E-state index is -0.680. The van der Waals surface area contributed by atoms with Crippen LogP contribution in [0.4, 0.5) is 22.2 Å². The summed E-state index contributed by atoms with van der Waals surface area (Å²) in [5, 5.41) is 13.2. The van der Waals surface area contributed by atoms with E-state index in [1.165, 1.54) is 0 Å². The number of rotatable bonds is 8. The summed E-state index contributed by atoms with van der Waals surface area (Å²) in [7, 11) is 0. The van der Waals surface area contributed by atoms with Gasteiger partial charge >= 0.3 is 6.03 Å². The molecular weight excluding hydrogens is 572 g/mol. The van der Waals surface area contributed by atoms with Crippen molar-refractivity contribution in [3.8, 4) is 11.1 Å². The van der Waals surface area contributed by atoms with Crippen molar-refractivity contribution in [2.24, 2.45) is 0 Å². The quantitative estimate of drug-likeness (QED) is 0.149. The molecular formula is C38H36N6O2. The number of nitrogens with one attached hydrogen (secondary N) is 3. The average Bonchev–Trinajstić information content (AvgIpc) is 3.55. The predicted octanol–water partition coefficient (Wildman–Crippen LogP) is 8.79. The van der Waals surface area contributed by atoms with Crippen LogP contribution in [0.15, 0.2) is 132 Å². The molecule has 230 valence electrons. The van der Waals surface area contributed by atoms with E-state index in [0.717, 1.165) is 39.3 Å². The van der Waals surface area contributed by atoms with E-state index >= 15 is 0 Å². The van der Waals surface area contributed by atoms with Crippen LogP contribution in [-0.4, -0.2) is 21.2 Å². The molecule has 0 spiro atoms. The molecule has 3 aromatic heterocycles. The Bertz CT molecular complexity index is 1820. The predicted molar refractivity (Wildman–Crippen MR) is 183 cm³/mol. The number of urea groups is 1. The number of benzene rings is 3. The summed E-state index contributed by atoms with van der Waals surface area (Å²) < 4.78 is 5.34. The molecule has 6 rings (SSSR count). The molecule has 8 nitrogen and oxygen atoms in total. The maximum Gasteiger partial charge on any atom is 0.326 e. The number of amides is 2. The zero-order chi connectivity index (χ0) is 32.1. The van der Waals surface area contributed by atoms with Gasteiger partial charge in [0.05, 0.1) is 0 Å². The van der Waals surface area contributed by atoms with Crippen LogP contribution in [0.25, 0.3) is 11.1 Å². The third-order valence-electron chi connectivity index (χ3n) is 7.83.